The SMILES string of the molecule is CC1CN=C(NCCc2csc(-c3ccc(Cl)cc3)n2)N1. The topological polar surface area (TPSA) is 49.3 Å². The second-order valence-corrected chi connectivity index (χ2v) is 6.36. The lowest BCUT2D eigenvalue weighted by Gasteiger charge is -2.07. The Hall–Kier alpha value is -1.59. The molecule has 1 aromatic carbocycles. The number of thiazole rings is 1. The molecule has 2 heterocycles. The van der Waals surface area contributed by atoms with Gasteiger partial charge in [0, 0.05) is 35.0 Å². The van der Waals surface area contributed by atoms with E-state index in [9.17, 15) is 0 Å². The molecule has 1 atom stereocenters. The van der Waals surface area contributed by atoms with Gasteiger partial charge in [0.05, 0.1) is 12.2 Å². The van der Waals surface area contributed by atoms with E-state index < -0.39 is 0 Å². The van der Waals surface area contributed by atoms with Crippen LogP contribution in [0.5, 0.6) is 0 Å². The Balaban J connectivity index is 1.54. The first kappa shape index (κ1) is 14.4. The van der Waals surface area contributed by atoms with Crippen molar-refractivity contribution in [2.75, 3.05) is 13.1 Å². The molecule has 2 N–H and O–H groups in total. The van der Waals surface area contributed by atoms with Crippen LogP contribution >= 0.6 is 22.9 Å². The van der Waals surface area contributed by atoms with Gasteiger partial charge in [-0.05, 0) is 19.1 Å². The van der Waals surface area contributed by atoms with E-state index in [0.717, 1.165) is 46.8 Å². The van der Waals surface area contributed by atoms with Gasteiger partial charge >= 0.3 is 0 Å². The van der Waals surface area contributed by atoms with Crippen LogP contribution < -0.4 is 10.6 Å². The molecule has 0 spiro atoms. The van der Waals surface area contributed by atoms with E-state index in [1.54, 1.807) is 11.3 Å². The van der Waals surface area contributed by atoms with Crippen molar-refractivity contribution >= 4 is 28.9 Å². The van der Waals surface area contributed by atoms with Crippen LogP contribution in [0.4, 0.5) is 0 Å². The molecule has 110 valence electrons. The number of nitrogens with one attached hydrogen (secondary N) is 2. The highest BCUT2D eigenvalue weighted by molar-refractivity contribution is 7.13. The molecule has 4 nitrogen and oxygen atoms in total. The largest absolute Gasteiger partial charge is 0.356 e. The van der Waals surface area contributed by atoms with Crippen molar-refractivity contribution in [1.82, 2.24) is 15.6 Å². The number of benzene rings is 1. The van der Waals surface area contributed by atoms with Crippen molar-refractivity contribution in [1.29, 1.82) is 0 Å². The fourth-order valence-electron chi connectivity index (χ4n) is 2.12. The molecule has 21 heavy (non-hydrogen) atoms. The highest BCUT2D eigenvalue weighted by atomic mass is 35.5. The van der Waals surface area contributed by atoms with Gasteiger partial charge in [0.2, 0.25) is 0 Å². The number of hydrogen-bond acceptors (Lipinski definition) is 5. The number of guanidine groups is 1. The Morgan fingerprint density at radius 3 is 2.90 bits per heavy atom. The minimum atomic E-state index is 0.434. The van der Waals surface area contributed by atoms with Crippen molar-refractivity contribution in [3.8, 4) is 10.6 Å². The summed E-state index contributed by atoms with van der Waals surface area (Å²) in [7, 11) is 0. The summed E-state index contributed by atoms with van der Waals surface area (Å²) in [6, 6.07) is 8.22. The Morgan fingerprint density at radius 2 is 2.19 bits per heavy atom. The monoisotopic (exact) mass is 320 g/mol. The molecular formula is C15H17ClN4S. The van der Waals surface area contributed by atoms with Crippen LogP contribution in [0, 0.1) is 0 Å². The van der Waals surface area contributed by atoms with Crippen molar-refractivity contribution < 1.29 is 0 Å². The molecule has 0 amide bonds. The van der Waals surface area contributed by atoms with E-state index in [1.807, 2.05) is 24.3 Å². The highest BCUT2D eigenvalue weighted by Gasteiger charge is 2.11. The third-order valence-corrected chi connectivity index (χ3v) is 4.42. The fraction of sp³-hybridized carbons (Fsp3) is 0.333. The summed E-state index contributed by atoms with van der Waals surface area (Å²) in [5.41, 5.74) is 2.21. The van der Waals surface area contributed by atoms with Gasteiger partial charge in [-0.25, -0.2) is 4.98 Å². The number of nitrogens with zero attached hydrogens (tertiary/aromatic N) is 2. The zero-order chi connectivity index (χ0) is 14.7. The maximum absolute atomic E-state index is 5.90. The Morgan fingerprint density at radius 1 is 1.38 bits per heavy atom. The lowest BCUT2D eigenvalue weighted by Crippen LogP contribution is -2.38. The van der Waals surface area contributed by atoms with E-state index in [2.05, 4.69) is 32.9 Å². The third-order valence-electron chi connectivity index (χ3n) is 3.22. The fourth-order valence-corrected chi connectivity index (χ4v) is 3.10. The first-order valence-corrected chi connectivity index (χ1v) is 8.21. The molecule has 3 rings (SSSR count). The quantitative estimate of drug-likeness (QED) is 0.910. The molecule has 1 unspecified atom stereocenters. The third kappa shape index (κ3) is 3.74. The summed E-state index contributed by atoms with van der Waals surface area (Å²) in [5.74, 6) is 0.899. The van der Waals surface area contributed by atoms with Gasteiger partial charge in [-0.3, -0.25) is 4.99 Å². The highest BCUT2D eigenvalue weighted by Crippen LogP contribution is 2.25. The van der Waals surface area contributed by atoms with Crippen molar-refractivity contribution in [2.24, 2.45) is 4.99 Å². The molecular weight excluding hydrogens is 304 g/mol. The standard InChI is InChI=1S/C15H17ClN4S/c1-10-8-18-15(19-10)17-7-6-13-9-21-14(20-13)11-2-4-12(16)5-3-11/h2-5,9-10H,6-8H2,1H3,(H2,17,18,19). The molecule has 0 fully saturated rings. The molecule has 0 saturated heterocycles. The smallest absolute Gasteiger partial charge is 0.191 e. The molecule has 0 aliphatic carbocycles. The van der Waals surface area contributed by atoms with Gasteiger partial charge in [0.25, 0.3) is 0 Å². The molecule has 2 aromatic rings. The first-order chi connectivity index (χ1) is 10.2. The molecule has 0 saturated carbocycles. The second-order valence-electron chi connectivity index (χ2n) is 5.06. The maximum atomic E-state index is 5.90. The van der Waals surface area contributed by atoms with Gasteiger partial charge in [-0.15, -0.1) is 11.3 Å². The first-order valence-electron chi connectivity index (χ1n) is 6.96. The predicted molar refractivity (Wildman–Crippen MR) is 89.2 cm³/mol. The molecule has 6 heteroatoms. The van der Waals surface area contributed by atoms with Crippen LogP contribution in [-0.4, -0.2) is 30.1 Å². The van der Waals surface area contributed by atoms with Crippen LogP contribution in [-0.2, 0) is 6.42 Å². The second kappa shape index (κ2) is 6.45. The van der Waals surface area contributed by atoms with Crippen molar-refractivity contribution in [2.45, 2.75) is 19.4 Å². The maximum Gasteiger partial charge on any atom is 0.191 e. The molecule has 0 bridgehead atoms. The Kier molecular flexibility index (Phi) is 4.41. The van der Waals surface area contributed by atoms with Gasteiger partial charge in [0.15, 0.2) is 5.96 Å². The average molecular weight is 321 g/mol. The van der Waals surface area contributed by atoms with Crippen molar-refractivity contribution in [3.63, 3.8) is 0 Å². The summed E-state index contributed by atoms with van der Waals surface area (Å²) >= 11 is 7.57. The van der Waals surface area contributed by atoms with Gasteiger partial charge in [-0.1, -0.05) is 23.7 Å². The Bertz CT molecular complexity index is 635. The average Bonchev–Trinajstić information content (AvgIpc) is 3.09. The number of aliphatic imine (C=N–C) groups is 1. The number of rotatable bonds is 4. The van der Waals surface area contributed by atoms with E-state index in [0.29, 0.717) is 6.04 Å². The van der Waals surface area contributed by atoms with Crippen LogP contribution in [0.25, 0.3) is 10.6 Å². The van der Waals surface area contributed by atoms with Crippen LogP contribution in [0.15, 0.2) is 34.6 Å². The lowest BCUT2D eigenvalue weighted by molar-refractivity contribution is 0.712. The molecule has 1 aliphatic heterocycles. The zero-order valence-electron chi connectivity index (χ0n) is 11.8. The minimum absolute atomic E-state index is 0.434. The Labute approximate surface area is 133 Å². The van der Waals surface area contributed by atoms with Gasteiger partial charge in [0.1, 0.15) is 5.01 Å². The van der Waals surface area contributed by atoms with E-state index in [1.165, 1.54) is 0 Å². The van der Waals surface area contributed by atoms with E-state index in [-0.39, 0.29) is 0 Å². The van der Waals surface area contributed by atoms with Crippen molar-refractivity contribution in [3.05, 3.63) is 40.4 Å². The van der Waals surface area contributed by atoms with Gasteiger partial charge < -0.3 is 10.6 Å². The molecule has 1 aromatic heterocycles. The van der Waals surface area contributed by atoms with Crippen LogP contribution in [0.2, 0.25) is 5.02 Å². The van der Waals surface area contributed by atoms with Gasteiger partial charge in [-0.2, -0.15) is 0 Å². The minimum Gasteiger partial charge on any atom is -0.356 e. The molecule has 0 radical (unpaired) electrons. The van der Waals surface area contributed by atoms with Crippen LogP contribution in [0.3, 0.4) is 0 Å². The number of hydrogen-bond donors (Lipinski definition) is 2. The number of aromatic nitrogens is 1. The number of halogens is 1. The molecule has 1 aliphatic rings. The normalized spacial score (nSPS) is 17.4. The van der Waals surface area contributed by atoms with E-state index >= 15 is 0 Å². The summed E-state index contributed by atoms with van der Waals surface area (Å²) in [5, 5.41) is 10.5. The summed E-state index contributed by atoms with van der Waals surface area (Å²) in [4.78, 5) is 9.04. The van der Waals surface area contributed by atoms with Crippen LogP contribution in [0.1, 0.15) is 12.6 Å². The van der Waals surface area contributed by atoms with E-state index in [4.69, 9.17) is 11.6 Å². The summed E-state index contributed by atoms with van der Waals surface area (Å²) < 4.78 is 0. The predicted octanol–water partition coefficient (Wildman–Crippen LogP) is 2.94. The lowest BCUT2D eigenvalue weighted by atomic mass is 10.2. The summed E-state index contributed by atoms with van der Waals surface area (Å²) in [6.07, 6.45) is 0.888. The zero-order valence-corrected chi connectivity index (χ0v) is 13.3. The summed E-state index contributed by atoms with van der Waals surface area (Å²) in [6.45, 7) is 3.80.